The van der Waals surface area contributed by atoms with Crippen molar-refractivity contribution in [3.63, 3.8) is 0 Å². The molecule has 10 heteroatoms. The molecule has 1 fully saturated rings. The fourth-order valence-corrected chi connectivity index (χ4v) is 4.16. The van der Waals surface area contributed by atoms with Gasteiger partial charge in [-0.25, -0.2) is 14.4 Å². The lowest BCUT2D eigenvalue weighted by Crippen LogP contribution is -2.36. The third kappa shape index (κ3) is 3.42. The minimum atomic E-state index is -1.44. The Labute approximate surface area is 186 Å². The number of halogens is 2. The number of aromatic nitrogens is 5. The SMILES string of the molecule is Cc1cc(C#N)nc2ncn(Cc3nc(C4CC(F)(c5ccc(Cl)cc5)C4)no3)c(=O)c12. The van der Waals surface area contributed by atoms with Crippen LogP contribution in [0.1, 0.15) is 47.3 Å². The van der Waals surface area contributed by atoms with E-state index in [4.69, 9.17) is 21.4 Å². The van der Waals surface area contributed by atoms with Gasteiger partial charge in [0.2, 0.25) is 5.89 Å². The van der Waals surface area contributed by atoms with Gasteiger partial charge in [-0.2, -0.15) is 10.2 Å². The first-order valence-electron chi connectivity index (χ1n) is 9.90. The molecule has 1 saturated carbocycles. The first kappa shape index (κ1) is 20.3. The van der Waals surface area contributed by atoms with Crippen molar-refractivity contribution in [2.45, 2.75) is 37.9 Å². The van der Waals surface area contributed by atoms with Gasteiger partial charge < -0.3 is 4.52 Å². The van der Waals surface area contributed by atoms with Crippen molar-refractivity contribution in [2.75, 3.05) is 0 Å². The van der Waals surface area contributed by atoms with Crippen LogP contribution in [-0.4, -0.2) is 24.7 Å². The second-order valence-corrected chi connectivity index (χ2v) is 8.37. The summed E-state index contributed by atoms with van der Waals surface area (Å²) in [5.74, 6) is 0.473. The van der Waals surface area contributed by atoms with E-state index in [9.17, 15) is 4.79 Å². The van der Waals surface area contributed by atoms with Gasteiger partial charge in [-0.1, -0.05) is 28.9 Å². The van der Waals surface area contributed by atoms with Crippen LogP contribution in [0.2, 0.25) is 5.02 Å². The van der Waals surface area contributed by atoms with Crippen LogP contribution in [0.3, 0.4) is 0 Å². The van der Waals surface area contributed by atoms with E-state index in [0.717, 1.165) is 0 Å². The summed E-state index contributed by atoms with van der Waals surface area (Å²) < 4.78 is 21.8. The topological polar surface area (TPSA) is 110 Å². The number of hydrogen-bond donors (Lipinski definition) is 0. The van der Waals surface area contributed by atoms with Gasteiger partial charge in [0.1, 0.15) is 30.3 Å². The number of hydrogen-bond acceptors (Lipinski definition) is 7. The lowest BCUT2D eigenvalue weighted by Gasteiger charge is -2.40. The van der Waals surface area contributed by atoms with E-state index >= 15 is 4.39 Å². The van der Waals surface area contributed by atoms with Crippen LogP contribution in [0.15, 0.2) is 46.0 Å². The molecule has 0 aliphatic heterocycles. The molecule has 8 nitrogen and oxygen atoms in total. The molecule has 0 atom stereocenters. The summed E-state index contributed by atoms with van der Waals surface area (Å²) in [6, 6.07) is 10.2. The lowest BCUT2D eigenvalue weighted by molar-refractivity contribution is 0.0336. The summed E-state index contributed by atoms with van der Waals surface area (Å²) in [6.45, 7) is 1.75. The van der Waals surface area contributed by atoms with Gasteiger partial charge in [-0.3, -0.25) is 9.36 Å². The molecule has 32 heavy (non-hydrogen) atoms. The Bertz CT molecular complexity index is 1430. The third-order valence-electron chi connectivity index (χ3n) is 5.76. The van der Waals surface area contributed by atoms with E-state index in [-0.39, 0.29) is 48.1 Å². The van der Waals surface area contributed by atoms with E-state index in [1.54, 1.807) is 37.3 Å². The van der Waals surface area contributed by atoms with Crippen molar-refractivity contribution in [1.29, 1.82) is 5.26 Å². The predicted octanol–water partition coefficient (Wildman–Crippen LogP) is 3.80. The lowest BCUT2D eigenvalue weighted by atomic mass is 9.68. The number of alkyl halides is 1. The van der Waals surface area contributed by atoms with Crippen LogP contribution < -0.4 is 5.56 Å². The molecule has 0 N–H and O–H groups in total. The van der Waals surface area contributed by atoms with Crippen molar-refractivity contribution in [2.24, 2.45) is 0 Å². The number of nitrogens with zero attached hydrogens (tertiary/aromatic N) is 6. The van der Waals surface area contributed by atoms with E-state index < -0.39 is 5.67 Å². The maximum Gasteiger partial charge on any atom is 0.263 e. The van der Waals surface area contributed by atoms with E-state index in [1.807, 2.05) is 6.07 Å². The van der Waals surface area contributed by atoms with Crippen molar-refractivity contribution in [3.05, 3.63) is 80.6 Å². The van der Waals surface area contributed by atoms with Crippen LogP contribution in [0.5, 0.6) is 0 Å². The maximum absolute atomic E-state index is 15.1. The van der Waals surface area contributed by atoms with Gasteiger partial charge in [0, 0.05) is 10.9 Å². The Morgan fingerprint density at radius 1 is 1.31 bits per heavy atom. The molecule has 4 aromatic rings. The summed E-state index contributed by atoms with van der Waals surface area (Å²) in [7, 11) is 0. The summed E-state index contributed by atoms with van der Waals surface area (Å²) >= 11 is 5.88. The molecule has 5 rings (SSSR count). The van der Waals surface area contributed by atoms with Gasteiger partial charge in [0.15, 0.2) is 11.5 Å². The molecule has 0 radical (unpaired) electrons. The number of fused-ring (bicyclic) bond motifs is 1. The number of aryl methyl sites for hydroxylation is 1. The monoisotopic (exact) mass is 450 g/mol. The zero-order chi connectivity index (χ0) is 22.5. The van der Waals surface area contributed by atoms with Gasteiger partial charge in [0.25, 0.3) is 5.56 Å². The Hall–Kier alpha value is -3.64. The molecule has 0 spiro atoms. The molecule has 1 aromatic carbocycles. The standard InChI is InChI=1S/C22H16ClFN6O2/c1-12-6-16(9-25)27-20-18(12)21(31)30(11-26-20)10-17-28-19(29-32-17)13-7-22(24,8-13)14-2-4-15(23)5-3-14/h2-6,11,13H,7-8,10H2,1H3. The smallest absolute Gasteiger partial charge is 0.263 e. The normalized spacial score (nSPS) is 20.1. The zero-order valence-corrected chi connectivity index (χ0v) is 17.7. The fraction of sp³-hybridized carbons (Fsp3) is 0.273. The zero-order valence-electron chi connectivity index (χ0n) is 16.9. The van der Waals surface area contributed by atoms with Gasteiger partial charge in [-0.05, 0) is 49.1 Å². The summed E-state index contributed by atoms with van der Waals surface area (Å²) in [5, 5.41) is 13.9. The van der Waals surface area contributed by atoms with Crippen LogP contribution >= 0.6 is 11.6 Å². The first-order valence-corrected chi connectivity index (χ1v) is 10.3. The van der Waals surface area contributed by atoms with Crippen LogP contribution in [0.4, 0.5) is 4.39 Å². The van der Waals surface area contributed by atoms with Crippen molar-refractivity contribution in [3.8, 4) is 6.07 Å². The first-order chi connectivity index (χ1) is 15.4. The molecule has 0 bridgehead atoms. The second kappa shape index (κ2) is 7.50. The quantitative estimate of drug-likeness (QED) is 0.465. The molecule has 0 amide bonds. The van der Waals surface area contributed by atoms with E-state index in [2.05, 4.69) is 20.1 Å². The minimum absolute atomic E-state index is 0.0267. The Morgan fingerprint density at radius 3 is 2.78 bits per heavy atom. The summed E-state index contributed by atoms with van der Waals surface area (Å²) in [4.78, 5) is 25.5. The minimum Gasteiger partial charge on any atom is -0.337 e. The number of pyridine rings is 1. The third-order valence-corrected chi connectivity index (χ3v) is 6.01. The molecular weight excluding hydrogens is 435 g/mol. The highest BCUT2D eigenvalue weighted by Crippen LogP contribution is 2.53. The molecule has 0 saturated heterocycles. The molecule has 1 aliphatic carbocycles. The highest BCUT2D eigenvalue weighted by atomic mass is 35.5. The molecular formula is C22H16ClFN6O2. The largest absolute Gasteiger partial charge is 0.337 e. The Morgan fingerprint density at radius 2 is 2.06 bits per heavy atom. The van der Waals surface area contributed by atoms with E-state index in [0.29, 0.717) is 27.4 Å². The molecule has 3 aromatic heterocycles. The van der Waals surface area contributed by atoms with Crippen molar-refractivity contribution < 1.29 is 8.91 Å². The molecule has 1 aliphatic rings. The summed E-state index contributed by atoms with van der Waals surface area (Å²) in [5.41, 5.74) is -0.158. The van der Waals surface area contributed by atoms with E-state index in [1.165, 1.54) is 10.9 Å². The van der Waals surface area contributed by atoms with Crippen molar-refractivity contribution >= 4 is 22.6 Å². The summed E-state index contributed by atoms with van der Waals surface area (Å²) in [6.07, 6.45) is 1.83. The Balaban J connectivity index is 1.34. The predicted molar refractivity (Wildman–Crippen MR) is 113 cm³/mol. The fourth-order valence-electron chi connectivity index (χ4n) is 4.04. The number of benzene rings is 1. The van der Waals surface area contributed by atoms with Gasteiger partial charge in [0.05, 0.1) is 5.39 Å². The highest BCUT2D eigenvalue weighted by molar-refractivity contribution is 6.30. The van der Waals surface area contributed by atoms with Gasteiger partial charge >= 0.3 is 0 Å². The maximum atomic E-state index is 15.1. The average Bonchev–Trinajstić information content (AvgIpc) is 3.21. The average molecular weight is 451 g/mol. The molecule has 3 heterocycles. The highest BCUT2D eigenvalue weighted by Gasteiger charge is 2.48. The second-order valence-electron chi connectivity index (χ2n) is 7.94. The molecule has 160 valence electrons. The number of nitriles is 1. The van der Waals surface area contributed by atoms with Crippen LogP contribution in [0, 0.1) is 18.3 Å². The van der Waals surface area contributed by atoms with Crippen molar-refractivity contribution in [1.82, 2.24) is 24.7 Å². The molecule has 0 unspecified atom stereocenters. The van der Waals surface area contributed by atoms with Crippen LogP contribution in [0.25, 0.3) is 11.0 Å². The van der Waals surface area contributed by atoms with Gasteiger partial charge in [-0.15, -0.1) is 0 Å². The Kier molecular flexibility index (Phi) is 4.75. The number of rotatable bonds is 4. The van der Waals surface area contributed by atoms with Crippen LogP contribution in [-0.2, 0) is 12.2 Å².